The van der Waals surface area contributed by atoms with Crippen molar-refractivity contribution in [3.8, 4) is 0 Å². The van der Waals surface area contributed by atoms with Crippen LogP contribution >= 0.6 is 11.8 Å². The van der Waals surface area contributed by atoms with Crippen LogP contribution in [-0.2, 0) is 16.4 Å². The molecule has 0 radical (unpaired) electrons. The molecule has 0 unspecified atom stereocenters. The Kier molecular flexibility index (Phi) is 7.62. The number of hydrogen-bond acceptors (Lipinski definition) is 4. The van der Waals surface area contributed by atoms with Gasteiger partial charge in [0, 0.05) is 22.9 Å². The summed E-state index contributed by atoms with van der Waals surface area (Å²) in [5.41, 5.74) is 1.26. The predicted molar refractivity (Wildman–Crippen MR) is 88.0 cm³/mol. The summed E-state index contributed by atoms with van der Waals surface area (Å²) in [7, 11) is -2.85. The highest BCUT2D eigenvalue weighted by Crippen LogP contribution is 2.18. The lowest BCUT2D eigenvalue weighted by molar-refractivity contribution is 0.552. The van der Waals surface area contributed by atoms with Gasteiger partial charge in [-0.2, -0.15) is 0 Å². The lowest BCUT2D eigenvalue weighted by Crippen LogP contribution is -2.18. The monoisotopic (exact) mass is 315 g/mol. The van der Waals surface area contributed by atoms with Crippen molar-refractivity contribution in [1.29, 1.82) is 0 Å². The van der Waals surface area contributed by atoms with E-state index in [1.54, 1.807) is 18.7 Å². The molecular weight excluding hydrogens is 290 g/mol. The van der Waals surface area contributed by atoms with Crippen LogP contribution in [0.15, 0.2) is 29.2 Å². The van der Waals surface area contributed by atoms with E-state index in [-0.39, 0.29) is 11.5 Å². The second-order valence-corrected chi connectivity index (χ2v) is 8.89. The van der Waals surface area contributed by atoms with Crippen molar-refractivity contribution in [1.82, 2.24) is 5.32 Å². The van der Waals surface area contributed by atoms with E-state index in [0.717, 1.165) is 18.0 Å². The highest BCUT2D eigenvalue weighted by molar-refractivity contribution is 8.00. The van der Waals surface area contributed by atoms with E-state index in [4.69, 9.17) is 0 Å². The number of thioether (sulfide) groups is 1. The van der Waals surface area contributed by atoms with Crippen LogP contribution in [0.1, 0.15) is 26.3 Å². The van der Waals surface area contributed by atoms with Crippen LogP contribution in [0.2, 0.25) is 0 Å². The minimum atomic E-state index is -2.85. The van der Waals surface area contributed by atoms with Crippen molar-refractivity contribution in [2.75, 3.05) is 23.8 Å². The van der Waals surface area contributed by atoms with E-state index >= 15 is 0 Å². The molecule has 0 aromatic heterocycles. The first-order valence-corrected chi connectivity index (χ1v) is 9.86. The third-order valence-corrected chi connectivity index (χ3v) is 5.89. The standard InChI is InChI=1S/C15H25NO2S2/c1-4-20(17,18)10-9-19-15-7-5-14(6-8-15)12-16-11-13(2)3/h5-8,13,16H,4,9-12H2,1-3H3. The van der Waals surface area contributed by atoms with E-state index in [1.165, 1.54) is 5.56 Å². The molecule has 0 spiro atoms. The molecule has 1 N–H and O–H groups in total. The molecule has 0 heterocycles. The summed E-state index contributed by atoms with van der Waals surface area (Å²) in [5.74, 6) is 1.77. The summed E-state index contributed by atoms with van der Waals surface area (Å²) in [6.07, 6.45) is 0. The molecule has 1 aromatic carbocycles. The molecule has 0 fully saturated rings. The highest BCUT2D eigenvalue weighted by atomic mass is 32.2. The van der Waals surface area contributed by atoms with Crippen LogP contribution < -0.4 is 5.32 Å². The molecule has 0 aliphatic heterocycles. The molecule has 0 aliphatic rings. The van der Waals surface area contributed by atoms with E-state index < -0.39 is 9.84 Å². The fourth-order valence-corrected chi connectivity index (χ4v) is 3.84. The van der Waals surface area contributed by atoms with Gasteiger partial charge in [0.25, 0.3) is 0 Å². The van der Waals surface area contributed by atoms with Gasteiger partial charge in [0.1, 0.15) is 0 Å². The summed E-state index contributed by atoms with van der Waals surface area (Å²) < 4.78 is 22.8. The van der Waals surface area contributed by atoms with Crippen molar-refractivity contribution < 1.29 is 8.42 Å². The average molecular weight is 316 g/mol. The molecule has 3 nitrogen and oxygen atoms in total. The third-order valence-electron chi connectivity index (χ3n) is 2.91. The van der Waals surface area contributed by atoms with Crippen LogP contribution in [0.3, 0.4) is 0 Å². The largest absolute Gasteiger partial charge is 0.312 e. The summed E-state index contributed by atoms with van der Waals surface area (Å²) in [4.78, 5) is 1.13. The van der Waals surface area contributed by atoms with Crippen LogP contribution in [0.4, 0.5) is 0 Å². The summed E-state index contributed by atoms with van der Waals surface area (Å²) in [6, 6.07) is 8.33. The fraction of sp³-hybridized carbons (Fsp3) is 0.600. The Hall–Kier alpha value is -0.520. The zero-order valence-corrected chi connectivity index (χ0v) is 14.2. The molecule has 0 aliphatic carbocycles. The highest BCUT2D eigenvalue weighted by Gasteiger charge is 2.07. The molecule has 20 heavy (non-hydrogen) atoms. The molecule has 0 atom stereocenters. The average Bonchev–Trinajstić information content (AvgIpc) is 2.40. The van der Waals surface area contributed by atoms with Crippen LogP contribution in [-0.4, -0.2) is 32.2 Å². The summed E-state index contributed by atoms with van der Waals surface area (Å²) in [6.45, 7) is 7.98. The number of hydrogen-bond donors (Lipinski definition) is 1. The number of benzene rings is 1. The quantitative estimate of drug-likeness (QED) is 0.712. The van der Waals surface area contributed by atoms with Gasteiger partial charge in [-0.05, 0) is 30.2 Å². The Morgan fingerprint density at radius 3 is 2.40 bits per heavy atom. The Balaban J connectivity index is 2.35. The van der Waals surface area contributed by atoms with Gasteiger partial charge in [0.15, 0.2) is 9.84 Å². The molecule has 1 aromatic rings. The van der Waals surface area contributed by atoms with Gasteiger partial charge in [-0.25, -0.2) is 8.42 Å². The maximum absolute atomic E-state index is 11.4. The lowest BCUT2D eigenvalue weighted by Gasteiger charge is -2.08. The Morgan fingerprint density at radius 1 is 1.20 bits per heavy atom. The van der Waals surface area contributed by atoms with Gasteiger partial charge >= 0.3 is 0 Å². The van der Waals surface area contributed by atoms with Crippen molar-refractivity contribution in [3.05, 3.63) is 29.8 Å². The molecule has 0 saturated heterocycles. The Labute approximate surface area is 127 Å². The SMILES string of the molecule is CCS(=O)(=O)CCSc1ccc(CNCC(C)C)cc1. The molecule has 0 bridgehead atoms. The maximum Gasteiger partial charge on any atom is 0.150 e. The van der Waals surface area contributed by atoms with Crippen molar-refractivity contribution >= 4 is 21.6 Å². The van der Waals surface area contributed by atoms with Crippen LogP contribution in [0, 0.1) is 5.92 Å². The predicted octanol–water partition coefficient (Wildman–Crippen LogP) is 2.96. The van der Waals surface area contributed by atoms with Gasteiger partial charge in [-0.3, -0.25) is 0 Å². The normalized spacial score (nSPS) is 12.0. The number of sulfone groups is 1. The minimum Gasteiger partial charge on any atom is -0.312 e. The Morgan fingerprint density at radius 2 is 1.85 bits per heavy atom. The van der Waals surface area contributed by atoms with Gasteiger partial charge in [0.05, 0.1) is 5.75 Å². The molecule has 0 saturated carbocycles. The number of rotatable bonds is 9. The fourth-order valence-electron chi connectivity index (χ4n) is 1.64. The first-order valence-electron chi connectivity index (χ1n) is 7.06. The van der Waals surface area contributed by atoms with Gasteiger partial charge in [-0.1, -0.05) is 32.9 Å². The van der Waals surface area contributed by atoms with E-state index in [0.29, 0.717) is 11.7 Å². The first kappa shape index (κ1) is 17.5. The van der Waals surface area contributed by atoms with Crippen LogP contribution in [0.5, 0.6) is 0 Å². The molecule has 114 valence electrons. The smallest absolute Gasteiger partial charge is 0.150 e. The van der Waals surface area contributed by atoms with E-state index in [1.807, 2.05) is 0 Å². The van der Waals surface area contributed by atoms with Gasteiger partial charge in [0.2, 0.25) is 0 Å². The van der Waals surface area contributed by atoms with Gasteiger partial charge < -0.3 is 5.32 Å². The molecule has 1 rings (SSSR count). The van der Waals surface area contributed by atoms with Crippen molar-refractivity contribution in [3.63, 3.8) is 0 Å². The third kappa shape index (κ3) is 7.31. The van der Waals surface area contributed by atoms with Crippen molar-refractivity contribution in [2.45, 2.75) is 32.2 Å². The molecular formula is C15H25NO2S2. The second-order valence-electron chi connectivity index (χ2n) is 5.25. The zero-order chi connectivity index (χ0) is 15.0. The molecule has 5 heteroatoms. The first-order chi connectivity index (χ1) is 9.43. The zero-order valence-electron chi connectivity index (χ0n) is 12.6. The lowest BCUT2D eigenvalue weighted by atomic mass is 10.2. The van der Waals surface area contributed by atoms with E-state index in [2.05, 4.69) is 43.4 Å². The van der Waals surface area contributed by atoms with Crippen LogP contribution in [0.25, 0.3) is 0 Å². The summed E-state index contributed by atoms with van der Waals surface area (Å²) in [5, 5.41) is 3.41. The summed E-state index contributed by atoms with van der Waals surface area (Å²) >= 11 is 1.60. The number of nitrogens with one attached hydrogen (secondary N) is 1. The Bertz CT molecular complexity index is 481. The molecule has 0 amide bonds. The topological polar surface area (TPSA) is 46.2 Å². The van der Waals surface area contributed by atoms with Crippen molar-refractivity contribution in [2.24, 2.45) is 5.92 Å². The van der Waals surface area contributed by atoms with Gasteiger partial charge in [-0.15, -0.1) is 11.8 Å². The maximum atomic E-state index is 11.4. The van der Waals surface area contributed by atoms with E-state index in [9.17, 15) is 8.42 Å². The second kappa shape index (κ2) is 8.70. The minimum absolute atomic E-state index is 0.230.